The van der Waals surface area contributed by atoms with E-state index >= 15 is 0 Å². The molecule has 0 bridgehead atoms. The summed E-state index contributed by atoms with van der Waals surface area (Å²) in [5.41, 5.74) is -0.140. The fourth-order valence-corrected chi connectivity index (χ4v) is 3.47. The molecule has 2 atom stereocenters. The van der Waals surface area contributed by atoms with Gasteiger partial charge in [-0.15, -0.1) is 0 Å². The fourth-order valence-electron chi connectivity index (χ4n) is 3.47. The van der Waals surface area contributed by atoms with Crippen LogP contribution in [-0.4, -0.2) is 18.0 Å². The van der Waals surface area contributed by atoms with Gasteiger partial charge in [0, 0.05) is 6.42 Å². The molecule has 2 aliphatic rings. The smallest absolute Gasteiger partial charge is 0.166 e. The van der Waals surface area contributed by atoms with Gasteiger partial charge in [-0.2, -0.15) is 0 Å². The number of carbonyl (C=O) groups excluding carboxylic acids is 1. The van der Waals surface area contributed by atoms with E-state index in [0.717, 1.165) is 12.8 Å². The summed E-state index contributed by atoms with van der Waals surface area (Å²) in [5.74, 6) is 0.956. The average molecular weight is 196 g/mol. The molecule has 0 aromatic carbocycles. The first-order valence-corrected chi connectivity index (χ1v) is 5.61. The molecule has 0 radical (unpaired) electrons. The van der Waals surface area contributed by atoms with E-state index in [1.165, 1.54) is 6.42 Å². The second kappa shape index (κ2) is 3.06. The van der Waals surface area contributed by atoms with Crippen LogP contribution in [0.2, 0.25) is 0 Å². The Labute approximate surface area is 86.0 Å². The maximum Gasteiger partial charge on any atom is 0.166 e. The van der Waals surface area contributed by atoms with Gasteiger partial charge in [0.05, 0.1) is 6.61 Å². The molecule has 2 unspecified atom stereocenters. The highest BCUT2D eigenvalue weighted by atomic mass is 16.5. The Morgan fingerprint density at radius 2 is 2.07 bits per heavy atom. The van der Waals surface area contributed by atoms with E-state index in [4.69, 9.17) is 4.74 Å². The Kier molecular flexibility index (Phi) is 2.22. The normalized spacial score (nSPS) is 41.9. The largest absolute Gasteiger partial charge is 0.367 e. The number of hydrogen-bond donors (Lipinski definition) is 0. The van der Waals surface area contributed by atoms with Crippen molar-refractivity contribution >= 4 is 5.78 Å². The molecule has 2 rings (SSSR count). The minimum Gasteiger partial charge on any atom is -0.367 e. The molecular weight excluding hydrogens is 176 g/mol. The minimum absolute atomic E-state index is 0.262. The van der Waals surface area contributed by atoms with Crippen molar-refractivity contribution in [2.75, 3.05) is 6.61 Å². The molecule has 0 amide bonds. The number of hydrogen-bond acceptors (Lipinski definition) is 2. The molecular formula is C12H20O2. The van der Waals surface area contributed by atoms with Crippen LogP contribution in [0.25, 0.3) is 0 Å². The highest BCUT2D eigenvalue weighted by molar-refractivity contribution is 5.89. The van der Waals surface area contributed by atoms with Crippen molar-refractivity contribution in [1.82, 2.24) is 0 Å². The molecule has 1 saturated carbocycles. The van der Waals surface area contributed by atoms with Crippen LogP contribution >= 0.6 is 0 Å². The Morgan fingerprint density at radius 1 is 1.36 bits per heavy atom. The summed E-state index contributed by atoms with van der Waals surface area (Å²) in [6, 6.07) is 0. The van der Waals surface area contributed by atoms with Gasteiger partial charge in [0.25, 0.3) is 0 Å². The van der Waals surface area contributed by atoms with Gasteiger partial charge in [-0.3, -0.25) is 4.79 Å². The van der Waals surface area contributed by atoms with E-state index in [-0.39, 0.29) is 5.41 Å². The first kappa shape index (κ1) is 10.2. The third-order valence-electron chi connectivity index (χ3n) is 3.56. The van der Waals surface area contributed by atoms with Gasteiger partial charge in [0.1, 0.15) is 5.60 Å². The summed E-state index contributed by atoms with van der Waals surface area (Å²) in [6.45, 7) is 7.37. The molecule has 1 spiro atoms. The molecule has 0 N–H and O–H groups in total. The van der Waals surface area contributed by atoms with Crippen molar-refractivity contribution in [3.63, 3.8) is 0 Å². The third-order valence-corrected chi connectivity index (χ3v) is 3.56. The molecule has 2 fully saturated rings. The highest BCUT2D eigenvalue weighted by Gasteiger charge is 2.50. The van der Waals surface area contributed by atoms with E-state index < -0.39 is 5.60 Å². The van der Waals surface area contributed by atoms with E-state index in [0.29, 0.717) is 24.7 Å². The SMILES string of the molecule is CC1CC(C)(C)CC2(C1)OCCC2=O. The topological polar surface area (TPSA) is 26.3 Å². The van der Waals surface area contributed by atoms with Crippen LogP contribution in [0, 0.1) is 11.3 Å². The van der Waals surface area contributed by atoms with Gasteiger partial charge in [-0.25, -0.2) is 0 Å². The average Bonchev–Trinajstić information content (AvgIpc) is 2.27. The second-order valence-corrected chi connectivity index (χ2v) is 5.87. The molecule has 1 aliphatic heterocycles. The monoisotopic (exact) mass is 196 g/mol. The van der Waals surface area contributed by atoms with Crippen molar-refractivity contribution in [2.45, 2.75) is 52.1 Å². The van der Waals surface area contributed by atoms with Crippen LogP contribution < -0.4 is 0 Å². The molecule has 1 saturated heterocycles. The lowest BCUT2D eigenvalue weighted by Crippen LogP contribution is -2.46. The summed E-state index contributed by atoms with van der Waals surface area (Å²) in [5, 5.41) is 0. The van der Waals surface area contributed by atoms with Gasteiger partial charge in [-0.1, -0.05) is 20.8 Å². The molecule has 1 aliphatic carbocycles. The molecule has 80 valence electrons. The van der Waals surface area contributed by atoms with Gasteiger partial charge in [0.15, 0.2) is 5.78 Å². The lowest BCUT2D eigenvalue weighted by molar-refractivity contribution is -0.142. The lowest BCUT2D eigenvalue weighted by Gasteiger charge is -2.43. The summed E-state index contributed by atoms with van der Waals surface area (Å²) in [4.78, 5) is 11.9. The highest BCUT2D eigenvalue weighted by Crippen LogP contribution is 2.48. The summed E-state index contributed by atoms with van der Waals surface area (Å²) in [6.07, 6.45) is 3.70. The lowest BCUT2D eigenvalue weighted by atomic mass is 9.65. The fraction of sp³-hybridized carbons (Fsp3) is 0.917. The van der Waals surface area contributed by atoms with Crippen molar-refractivity contribution in [3.05, 3.63) is 0 Å². The second-order valence-electron chi connectivity index (χ2n) is 5.87. The van der Waals surface area contributed by atoms with E-state index in [1.807, 2.05) is 0 Å². The van der Waals surface area contributed by atoms with Crippen LogP contribution in [0.15, 0.2) is 0 Å². The quantitative estimate of drug-likeness (QED) is 0.595. The Balaban J connectivity index is 2.23. The maximum absolute atomic E-state index is 11.9. The Bertz CT molecular complexity index is 257. The molecule has 2 nitrogen and oxygen atoms in total. The number of Topliss-reactive ketones (excluding diaryl/α,β-unsaturated/α-hetero) is 1. The van der Waals surface area contributed by atoms with Crippen LogP contribution in [0.4, 0.5) is 0 Å². The molecule has 14 heavy (non-hydrogen) atoms. The number of carbonyl (C=O) groups is 1. The summed E-state index contributed by atoms with van der Waals surface area (Å²) < 4.78 is 5.75. The molecule has 2 heteroatoms. The minimum atomic E-state index is -0.402. The zero-order valence-corrected chi connectivity index (χ0v) is 9.43. The standard InChI is InChI=1S/C12H20O2/c1-9-6-11(2,3)8-12(7-9)10(13)4-5-14-12/h9H,4-8H2,1-3H3. The van der Waals surface area contributed by atoms with Crippen molar-refractivity contribution in [2.24, 2.45) is 11.3 Å². The van der Waals surface area contributed by atoms with Gasteiger partial charge < -0.3 is 4.74 Å². The number of rotatable bonds is 0. The Morgan fingerprint density at radius 3 is 2.57 bits per heavy atom. The first-order valence-electron chi connectivity index (χ1n) is 5.61. The maximum atomic E-state index is 11.9. The summed E-state index contributed by atoms with van der Waals surface area (Å²) >= 11 is 0. The van der Waals surface area contributed by atoms with Crippen LogP contribution in [0.1, 0.15) is 46.5 Å². The summed E-state index contributed by atoms with van der Waals surface area (Å²) in [7, 11) is 0. The molecule has 0 aromatic rings. The van der Waals surface area contributed by atoms with Gasteiger partial charge >= 0.3 is 0 Å². The van der Waals surface area contributed by atoms with Crippen molar-refractivity contribution in [1.29, 1.82) is 0 Å². The zero-order valence-electron chi connectivity index (χ0n) is 9.43. The molecule has 0 aromatic heterocycles. The predicted octanol–water partition coefficient (Wildman–Crippen LogP) is 2.56. The van der Waals surface area contributed by atoms with Crippen LogP contribution in [0.5, 0.6) is 0 Å². The van der Waals surface area contributed by atoms with Gasteiger partial charge in [0.2, 0.25) is 0 Å². The number of ketones is 1. The molecule has 1 heterocycles. The van der Waals surface area contributed by atoms with E-state index in [1.54, 1.807) is 0 Å². The predicted molar refractivity (Wildman–Crippen MR) is 55.1 cm³/mol. The zero-order chi connectivity index (χ0) is 10.4. The van der Waals surface area contributed by atoms with Crippen LogP contribution in [-0.2, 0) is 9.53 Å². The van der Waals surface area contributed by atoms with Gasteiger partial charge in [-0.05, 0) is 30.6 Å². The Hall–Kier alpha value is -0.370. The van der Waals surface area contributed by atoms with Crippen LogP contribution in [0.3, 0.4) is 0 Å². The third kappa shape index (κ3) is 1.60. The first-order chi connectivity index (χ1) is 6.44. The van der Waals surface area contributed by atoms with Crippen molar-refractivity contribution < 1.29 is 9.53 Å². The van der Waals surface area contributed by atoms with E-state index in [9.17, 15) is 4.79 Å². The van der Waals surface area contributed by atoms with E-state index in [2.05, 4.69) is 20.8 Å². The number of ether oxygens (including phenoxy) is 1. The van der Waals surface area contributed by atoms with Crippen molar-refractivity contribution in [3.8, 4) is 0 Å².